The first-order valence-electron chi connectivity index (χ1n) is 6.46. The van der Waals surface area contributed by atoms with Crippen molar-refractivity contribution in [3.05, 3.63) is 0 Å². The Morgan fingerprint density at radius 1 is 1.12 bits per heavy atom. The molecule has 104 valence electrons. The van der Waals surface area contributed by atoms with Crippen LogP contribution in [-0.4, -0.2) is 64.6 Å². The van der Waals surface area contributed by atoms with E-state index in [2.05, 4.69) is 31.0 Å². The van der Waals surface area contributed by atoms with Gasteiger partial charge in [0.05, 0.1) is 13.2 Å². The van der Waals surface area contributed by atoms with Gasteiger partial charge < -0.3 is 14.8 Å². The first kappa shape index (κ1) is 16.8. The van der Waals surface area contributed by atoms with Crippen molar-refractivity contribution in [2.45, 2.75) is 32.9 Å². The molecule has 0 saturated heterocycles. The van der Waals surface area contributed by atoms with Gasteiger partial charge in [-0.1, -0.05) is 13.8 Å². The Morgan fingerprint density at radius 3 is 2.18 bits per heavy atom. The predicted octanol–water partition coefficient (Wildman–Crippen LogP) is 1.21. The fraction of sp³-hybridized carbons (Fsp3) is 1.00. The molecule has 0 amide bonds. The van der Waals surface area contributed by atoms with E-state index in [1.807, 2.05) is 7.05 Å². The molecule has 0 radical (unpaired) electrons. The van der Waals surface area contributed by atoms with Gasteiger partial charge in [-0.15, -0.1) is 0 Å². The molecule has 2 unspecified atom stereocenters. The van der Waals surface area contributed by atoms with Gasteiger partial charge in [-0.3, -0.25) is 4.90 Å². The Hall–Kier alpha value is -0.160. The summed E-state index contributed by atoms with van der Waals surface area (Å²) in [7, 11) is 5.53. The van der Waals surface area contributed by atoms with E-state index in [0.717, 1.165) is 26.3 Å². The van der Waals surface area contributed by atoms with Crippen molar-refractivity contribution in [3.63, 3.8) is 0 Å². The molecule has 0 spiro atoms. The first-order chi connectivity index (χ1) is 8.06. The molecule has 1 N–H and O–H groups in total. The van der Waals surface area contributed by atoms with E-state index in [0.29, 0.717) is 18.0 Å². The normalized spacial score (nSPS) is 15.5. The highest BCUT2D eigenvalue weighted by Gasteiger charge is 2.19. The van der Waals surface area contributed by atoms with E-state index in [-0.39, 0.29) is 0 Å². The molecule has 0 aliphatic heterocycles. The van der Waals surface area contributed by atoms with E-state index >= 15 is 0 Å². The van der Waals surface area contributed by atoms with Crippen molar-refractivity contribution >= 4 is 0 Å². The Kier molecular flexibility index (Phi) is 9.74. The van der Waals surface area contributed by atoms with Crippen LogP contribution in [0.5, 0.6) is 0 Å². The minimum Gasteiger partial charge on any atom is -0.383 e. The van der Waals surface area contributed by atoms with Crippen LogP contribution in [0.1, 0.15) is 20.8 Å². The van der Waals surface area contributed by atoms with Crippen LogP contribution in [0, 0.1) is 5.92 Å². The van der Waals surface area contributed by atoms with Gasteiger partial charge >= 0.3 is 0 Å². The van der Waals surface area contributed by atoms with E-state index in [1.165, 1.54) is 0 Å². The van der Waals surface area contributed by atoms with Gasteiger partial charge in [0.2, 0.25) is 0 Å². The maximum absolute atomic E-state index is 5.24. The fourth-order valence-electron chi connectivity index (χ4n) is 1.93. The third-order valence-corrected chi connectivity index (χ3v) is 3.22. The average molecular weight is 246 g/mol. The third kappa shape index (κ3) is 6.99. The second kappa shape index (κ2) is 9.83. The van der Waals surface area contributed by atoms with Gasteiger partial charge in [-0.2, -0.15) is 0 Å². The van der Waals surface area contributed by atoms with Crippen molar-refractivity contribution < 1.29 is 9.47 Å². The number of rotatable bonds is 10. The number of likely N-dealkylation sites (N-methyl/N-ethyl adjacent to an activating group) is 1. The highest BCUT2D eigenvalue weighted by Crippen LogP contribution is 2.07. The Labute approximate surface area is 107 Å². The topological polar surface area (TPSA) is 33.7 Å². The van der Waals surface area contributed by atoms with E-state index in [4.69, 9.17) is 9.47 Å². The summed E-state index contributed by atoms with van der Waals surface area (Å²) in [5, 5.41) is 3.38. The zero-order chi connectivity index (χ0) is 13.3. The molecular weight excluding hydrogens is 216 g/mol. The van der Waals surface area contributed by atoms with Crippen molar-refractivity contribution in [1.29, 1.82) is 0 Å². The second-order valence-corrected chi connectivity index (χ2v) is 4.93. The highest BCUT2D eigenvalue weighted by molar-refractivity contribution is 4.77. The SMILES string of the molecule is CNC(CN(CCOC)C(C)COC)C(C)C. The zero-order valence-corrected chi connectivity index (χ0v) is 12.3. The van der Waals surface area contributed by atoms with E-state index < -0.39 is 0 Å². The molecule has 0 bridgehead atoms. The van der Waals surface area contributed by atoms with Gasteiger partial charge in [0.1, 0.15) is 0 Å². The third-order valence-electron chi connectivity index (χ3n) is 3.22. The van der Waals surface area contributed by atoms with Crippen LogP contribution in [0.3, 0.4) is 0 Å². The van der Waals surface area contributed by atoms with Crippen LogP contribution in [0.2, 0.25) is 0 Å². The Bertz CT molecular complexity index is 177. The Morgan fingerprint density at radius 2 is 1.76 bits per heavy atom. The van der Waals surface area contributed by atoms with Crippen molar-refractivity contribution in [1.82, 2.24) is 10.2 Å². The van der Waals surface area contributed by atoms with Gasteiger partial charge in [0, 0.05) is 39.4 Å². The second-order valence-electron chi connectivity index (χ2n) is 4.93. The standard InChI is InChI=1S/C13H30N2O2/c1-11(2)13(14-4)9-15(7-8-16-5)12(3)10-17-6/h11-14H,7-10H2,1-6H3. The minimum absolute atomic E-state index is 0.421. The summed E-state index contributed by atoms with van der Waals surface area (Å²) in [5.74, 6) is 0.625. The molecule has 0 saturated carbocycles. The van der Waals surface area contributed by atoms with Crippen LogP contribution in [0.25, 0.3) is 0 Å². The molecule has 0 aromatic rings. The molecule has 0 rings (SSSR count). The molecule has 2 atom stereocenters. The van der Waals surface area contributed by atoms with E-state index in [1.54, 1.807) is 14.2 Å². The summed E-state index contributed by atoms with van der Waals surface area (Å²) >= 11 is 0. The number of ether oxygens (including phenoxy) is 2. The molecule has 17 heavy (non-hydrogen) atoms. The molecule has 0 heterocycles. The summed E-state index contributed by atoms with van der Waals surface area (Å²) in [6.45, 7) is 10.2. The van der Waals surface area contributed by atoms with Crippen LogP contribution in [0.4, 0.5) is 0 Å². The number of hydrogen-bond acceptors (Lipinski definition) is 4. The summed E-state index contributed by atoms with van der Waals surface area (Å²) in [6, 6.07) is 0.927. The van der Waals surface area contributed by atoms with Crippen molar-refractivity contribution in [2.24, 2.45) is 5.92 Å². The monoisotopic (exact) mass is 246 g/mol. The molecule has 0 aliphatic carbocycles. The Balaban J connectivity index is 4.34. The lowest BCUT2D eigenvalue weighted by molar-refractivity contribution is 0.0656. The van der Waals surface area contributed by atoms with Crippen LogP contribution in [-0.2, 0) is 9.47 Å². The van der Waals surface area contributed by atoms with Gasteiger partial charge in [0.25, 0.3) is 0 Å². The predicted molar refractivity (Wildman–Crippen MR) is 72.5 cm³/mol. The lowest BCUT2D eigenvalue weighted by Crippen LogP contribution is -2.48. The van der Waals surface area contributed by atoms with Crippen LogP contribution in [0.15, 0.2) is 0 Å². The minimum atomic E-state index is 0.421. The number of nitrogens with zero attached hydrogens (tertiary/aromatic N) is 1. The smallest absolute Gasteiger partial charge is 0.0615 e. The molecule has 0 aliphatic rings. The molecule has 4 nitrogen and oxygen atoms in total. The molecule has 4 heteroatoms. The molecule has 0 aromatic heterocycles. The van der Waals surface area contributed by atoms with Crippen LogP contribution < -0.4 is 5.32 Å². The number of methoxy groups -OCH3 is 2. The lowest BCUT2D eigenvalue weighted by atomic mass is 10.0. The quantitative estimate of drug-likeness (QED) is 0.628. The summed E-state index contributed by atoms with van der Waals surface area (Å²) in [6.07, 6.45) is 0. The molecule has 0 fully saturated rings. The van der Waals surface area contributed by atoms with Gasteiger partial charge in [-0.05, 0) is 19.9 Å². The zero-order valence-electron chi connectivity index (χ0n) is 12.3. The molecular formula is C13H30N2O2. The van der Waals surface area contributed by atoms with Crippen molar-refractivity contribution in [3.8, 4) is 0 Å². The van der Waals surface area contributed by atoms with Gasteiger partial charge in [-0.25, -0.2) is 0 Å². The fourth-order valence-corrected chi connectivity index (χ4v) is 1.93. The molecule has 0 aromatic carbocycles. The summed E-state index contributed by atoms with van der Waals surface area (Å²) < 4.78 is 10.4. The summed E-state index contributed by atoms with van der Waals surface area (Å²) in [4.78, 5) is 2.42. The summed E-state index contributed by atoms with van der Waals surface area (Å²) in [5.41, 5.74) is 0. The van der Waals surface area contributed by atoms with E-state index in [9.17, 15) is 0 Å². The lowest BCUT2D eigenvalue weighted by Gasteiger charge is -2.33. The maximum Gasteiger partial charge on any atom is 0.0615 e. The number of nitrogens with one attached hydrogen (secondary N) is 1. The first-order valence-corrected chi connectivity index (χ1v) is 6.46. The number of hydrogen-bond donors (Lipinski definition) is 1. The van der Waals surface area contributed by atoms with Crippen molar-refractivity contribution in [2.75, 3.05) is 47.6 Å². The maximum atomic E-state index is 5.24. The highest BCUT2D eigenvalue weighted by atomic mass is 16.5. The van der Waals surface area contributed by atoms with Gasteiger partial charge in [0.15, 0.2) is 0 Å². The van der Waals surface area contributed by atoms with Crippen LogP contribution >= 0.6 is 0 Å². The largest absolute Gasteiger partial charge is 0.383 e. The average Bonchev–Trinajstić information content (AvgIpc) is 2.29.